The molecule has 2 aromatic rings. The standard InChI is InChI=1S/C17H14Cl3NO3/c1-10(17(23)21-15-8-13(19)7-14(20)9-15)24-16(22)6-11-2-4-12(18)5-3-11/h2-5,7-10H,6H2,1H3,(H,21,23)/t10-/m0/s1. The van der Waals surface area contributed by atoms with Crippen LogP contribution < -0.4 is 5.32 Å². The van der Waals surface area contributed by atoms with Crippen molar-refractivity contribution in [2.24, 2.45) is 0 Å². The first-order chi connectivity index (χ1) is 11.3. The van der Waals surface area contributed by atoms with E-state index >= 15 is 0 Å². The number of halogens is 3. The average Bonchev–Trinajstić information content (AvgIpc) is 2.48. The second kappa shape index (κ2) is 8.38. The van der Waals surface area contributed by atoms with Crippen LogP contribution in [-0.2, 0) is 20.7 Å². The molecule has 0 radical (unpaired) electrons. The van der Waals surface area contributed by atoms with Crippen molar-refractivity contribution in [1.29, 1.82) is 0 Å². The summed E-state index contributed by atoms with van der Waals surface area (Å²) < 4.78 is 5.13. The minimum absolute atomic E-state index is 0.0534. The van der Waals surface area contributed by atoms with Crippen molar-refractivity contribution in [3.8, 4) is 0 Å². The Morgan fingerprint density at radius 3 is 2.17 bits per heavy atom. The van der Waals surface area contributed by atoms with Gasteiger partial charge in [-0.05, 0) is 42.8 Å². The fourth-order valence-corrected chi connectivity index (χ4v) is 2.58. The minimum atomic E-state index is -0.956. The van der Waals surface area contributed by atoms with Crippen molar-refractivity contribution in [3.05, 3.63) is 63.1 Å². The lowest BCUT2D eigenvalue weighted by molar-refractivity contribution is -0.152. The molecule has 4 nitrogen and oxygen atoms in total. The van der Waals surface area contributed by atoms with Crippen LogP contribution in [0.1, 0.15) is 12.5 Å². The first kappa shape index (κ1) is 18.6. The molecule has 0 bridgehead atoms. The highest BCUT2D eigenvalue weighted by Crippen LogP contribution is 2.22. The molecule has 0 spiro atoms. The third-order valence-electron chi connectivity index (χ3n) is 3.07. The molecule has 1 atom stereocenters. The summed E-state index contributed by atoms with van der Waals surface area (Å²) in [5.41, 5.74) is 1.18. The number of rotatable bonds is 5. The molecule has 0 aliphatic rings. The molecule has 0 saturated heterocycles. The van der Waals surface area contributed by atoms with Crippen LogP contribution in [0.25, 0.3) is 0 Å². The molecule has 0 fully saturated rings. The van der Waals surface area contributed by atoms with Gasteiger partial charge in [-0.1, -0.05) is 46.9 Å². The fraction of sp³-hybridized carbons (Fsp3) is 0.176. The molecular formula is C17H14Cl3NO3. The van der Waals surface area contributed by atoms with Crippen molar-refractivity contribution < 1.29 is 14.3 Å². The molecule has 24 heavy (non-hydrogen) atoms. The number of hydrogen-bond acceptors (Lipinski definition) is 3. The lowest BCUT2D eigenvalue weighted by Gasteiger charge is -2.14. The highest BCUT2D eigenvalue weighted by atomic mass is 35.5. The molecule has 2 rings (SSSR count). The summed E-state index contributed by atoms with van der Waals surface area (Å²) in [6, 6.07) is 11.5. The maximum absolute atomic E-state index is 12.1. The van der Waals surface area contributed by atoms with Gasteiger partial charge in [-0.3, -0.25) is 9.59 Å². The van der Waals surface area contributed by atoms with Gasteiger partial charge in [-0.15, -0.1) is 0 Å². The van der Waals surface area contributed by atoms with E-state index in [1.807, 2.05) is 0 Å². The van der Waals surface area contributed by atoms with Gasteiger partial charge in [-0.25, -0.2) is 0 Å². The normalized spacial score (nSPS) is 11.7. The zero-order chi connectivity index (χ0) is 17.7. The van der Waals surface area contributed by atoms with E-state index in [-0.39, 0.29) is 6.42 Å². The molecule has 0 heterocycles. The summed E-state index contributed by atoms with van der Waals surface area (Å²) in [7, 11) is 0. The summed E-state index contributed by atoms with van der Waals surface area (Å²) in [4.78, 5) is 24.0. The predicted octanol–water partition coefficient (Wildman–Crippen LogP) is 4.76. The number of nitrogens with one attached hydrogen (secondary N) is 1. The zero-order valence-electron chi connectivity index (χ0n) is 12.7. The third-order valence-corrected chi connectivity index (χ3v) is 3.76. The predicted molar refractivity (Wildman–Crippen MR) is 95.8 cm³/mol. The lowest BCUT2D eigenvalue weighted by Crippen LogP contribution is -2.30. The lowest BCUT2D eigenvalue weighted by atomic mass is 10.1. The third kappa shape index (κ3) is 5.71. The fourth-order valence-electron chi connectivity index (χ4n) is 1.93. The van der Waals surface area contributed by atoms with Crippen LogP contribution in [-0.4, -0.2) is 18.0 Å². The van der Waals surface area contributed by atoms with E-state index < -0.39 is 18.0 Å². The summed E-state index contributed by atoms with van der Waals surface area (Å²) in [6.45, 7) is 1.49. The van der Waals surface area contributed by atoms with Crippen molar-refractivity contribution >= 4 is 52.4 Å². The monoisotopic (exact) mass is 385 g/mol. The number of esters is 1. The van der Waals surface area contributed by atoms with Crippen LogP contribution in [0.3, 0.4) is 0 Å². The topological polar surface area (TPSA) is 55.4 Å². The summed E-state index contributed by atoms with van der Waals surface area (Å²) in [6.07, 6.45) is -0.903. The Bertz CT molecular complexity index is 727. The first-order valence-electron chi connectivity index (χ1n) is 7.04. The van der Waals surface area contributed by atoms with E-state index in [9.17, 15) is 9.59 Å². The largest absolute Gasteiger partial charge is 0.452 e. The molecule has 1 N–H and O–H groups in total. The second-order valence-corrected chi connectivity index (χ2v) is 6.39. The maximum Gasteiger partial charge on any atom is 0.311 e. The Balaban J connectivity index is 1.90. The number of ether oxygens (including phenoxy) is 1. The molecule has 0 saturated carbocycles. The second-order valence-electron chi connectivity index (χ2n) is 5.08. The van der Waals surface area contributed by atoms with Gasteiger partial charge < -0.3 is 10.1 Å². The molecule has 0 aliphatic carbocycles. The number of amides is 1. The van der Waals surface area contributed by atoms with E-state index in [0.717, 1.165) is 5.56 Å². The Morgan fingerprint density at radius 2 is 1.58 bits per heavy atom. The smallest absolute Gasteiger partial charge is 0.311 e. The highest BCUT2D eigenvalue weighted by molar-refractivity contribution is 6.35. The van der Waals surface area contributed by atoms with Gasteiger partial charge in [0.1, 0.15) is 0 Å². The van der Waals surface area contributed by atoms with Crippen LogP contribution in [0.5, 0.6) is 0 Å². The summed E-state index contributed by atoms with van der Waals surface area (Å²) >= 11 is 17.5. The zero-order valence-corrected chi connectivity index (χ0v) is 15.0. The van der Waals surface area contributed by atoms with Gasteiger partial charge in [0, 0.05) is 20.8 Å². The van der Waals surface area contributed by atoms with Gasteiger partial charge in [0.2, 0.25) is 0 Å². The van der Waals surface area contributed by atoms with Crippen molar-refractivity contribution in [3.63, 3.8) is 0 Å². The molecule has 1 amide bonds. The van der Waals surface area contributed by atoms with E-state index in [1.165, 1.54) is 6.92 Å². The number of anilines is 1. The van der Waals surface area contributed by atoms with Crippen LogP contribution >= 0.6 is 34.8 Å². The molecule has 0 aliphatic heterocycles. The molecule has 7 heteroatoms. The maximum atomic E-state index is 12.1. The van der Waals surface area contributed by atoms with Crippen LogP contribution in [0, 0.1) is 0 Å². The highest BCUT2D eigenvalue weighted by Gasteiger charge is 2.18. The van der Waals surface area contributed by atoms with Gasteiger partial charge in [0.15, 0.2) is 6.10 Å². The Kier molecular flexibility index (Phi) is 6.49. The van der Waals surface area contributed by atoms with Crippen molar-refractivity contribution in [2.75, 3.05) is 5.32 Å². The molecule has 2 aromatic carbocycles. The molecule has 126 valence electrons. The number of hydrogen-bond donors (Lipinski definition) is 1. The van der Waals surface area contributed by atoms with E-state index in [1.54, 1.807) is 42.5 Å². The summed E-state index contributed by atoms with van der Waals surface area (Å²) in [5, 5.41) is 3.97. The minimum Gasteiger partial charge on any atom is -0.452 e. The van der Waals surface area contributed by atoms with Crippen LogP contribution in [0.4, 0.5) is 5.69 Å². The van der Waals surface area contributed by atoms with Crippen molar-refractivity contribution in [2.45, 2.75) is 19.4 Å². The average molecular weight is 387 g/mol. The van der Waals surface area contributed by atoms with Gasteiger partial charge in [-0.2, -0.15) is 0 Å². The van der Waals surface area contributed by atoms with Crippen LogP contribution in [0.2, 0.25) is 15.1 Å². The van der Waals surface area contributed by atoms with E-state index in [0.29, 0.717) is 20.8 Å². The van der Waals surface area contributed by atoms with Crippen LogP contribution in [0.15, 0.2) is 42.5 Å². The Morgan fingerprint density at radius 1 is 1.00 bits per heavy atom. The quantitative estimate of drug-likeness (QED) is 0.754. The van der Waals surface area contributed by atoms with Gasteiger partial charge >= 0.3 is 5.97 Å². The van der Waals surface area contributed by atoms with E-state index in [2.05, 4.69) is 5.32 Å². The molecule has 0 unspecified atom stereocenters. The number of carbonyl (C=O) groups is 2. The first-order valence-corrected chi connectivity index (χ1v) is 8.18. The Labute approximate surface area is 154 Å². The summed E-state index contributed by atoms with van der Waals surface area (Å²) in [5.74, 6) is -0.984. The van der Waals surface area contributed by atoms with Gasteiger partial charge in [0.05, 0.1) is 6.42 Å². The van der Waals surface area contributed by atoms with Gasteiger partial charge in [0.25, 0.3) is 5.91 Å². The molecular weight excluding hydrogens is 373 g/mol. The number of carbonyl (C=O) groups excluding carboxylic acids is 2. The van der Waals surface area contributed by atoms with Crippen molar-refractivity contribution in [1.82, 2.24) is 0 Å². The molecule has 0 aromatic heterocycles. The SMILES string of the molecule is C[C@H](OC(=O)Cc1ccc(Cl)cc1)C(=O)Nc1cc(Cl)cc(Cl)c1. The van der Waals surface area contributed by atoms with E-state index in [4.69, 9.17) is 39.5 Å². The Hall–Kier alpha value is -1.75. The number of benzene rings is 2.